The predicted molar refractivity (Wildman–Crippen MR) is 73.8 cm³/mol. The minimum absolute atomic E-state index is 0.0507. The Hall–Kier alpha value is -1.67. The maximum atomic E-state index is 13.5. The maximum absolute atomic E-state index is 13.5. The monoisotopic (exact) mass is 334 g/mol. The number of carbonyl (C=O) groups excluding carboxylic acids is 2. The number of hydrogen-bond donors (Lipinski definition) is 2. The average Bonchev–Trinajstić information content (AvgIpc) is 2.76. The quantitative estimate of drug-likeness (QED) is 0.778. The van der Waals surface area contributed by atoms with Crippen LogP contribution in [0.25, 0.3) is 0 Å². The van der Waals surface area contributed by atoms with E-state index in [0.29, 0.717) is 0 Å². The molecule has 1 saturated heterocycles. The summed E-state index contributed by atoms with van der Waals surface area (Å²) < 4.78 is 36.0. The number of carbonyl (C=O) groups is 2. The van der Waals surface area contributed by atoms with Crippen LogP contribution in [0.2, 0.25) is 5.02 Å². The van der Waals surface area contributed by atoms with Gasteiger partial charge in [-0.2, -0.15) is 0 Å². The summed E-state index contributed by atoms with van der Waals surface area (Å²) in [6.45, 7) is 0. The number of nitrogens with one attached hydrogen (secondary N) is 2. The van der Waals surface area contributed by atoms with Crippen LogP contribution in [0.15, 0.2) is 18.2 Å². The molecule has 0 aliphatic carbocycles. The van der Waals surface area contributed by atoms with E-state index >= 15 is 0 Å². The van der Waals surface area contributed by atoms with E-state index in [0.717, 1.165) is 6.07 Å². The molecular weight excluding hydrogens is 323 g/mol. The zero-order valence-corrected chi connectivity index (χ0v) is 12.3. The van der Waals surface area contributed by atoms with Gasteiger partial charge >= 0.3 is 0 Å². The van der Waals surface area contributed by atoms with Crippen molar-refractivity contribution in [1.82, 2.24) is 10.9 Å². The first-order valence-electron chi connectivity index (χ1n) is 6.04. The summed E-state index contributed by atoms with van der Waals surface area (Å²) in [5, 5.41) is 0.143. The van der Waals surface area contributed by atoms with E-state index in [1.807, 2.05) is 5.43 Å². The average molecular weight is 335 g/mol. The zero-order chi connectivity index (χ0) is 15.6. The van der Waals surface area contributed by atoms with Gasteiger partial charge < -0.3 is 0 Å². The third-order valence-corrected chi connectivity index (χ3v) is 5.08. The summed E-state index contributed by atoms with van der Waals surface area (Å²) in [5.74, 6) is -3.28. The summed E-state index contributed by atoms with van der Waals surface area (Å²) in [5.41, 5.74) is 3.87. The van der Waals surface area contributed by atoms with Crippen molar-refractivity contribution >= 4 is 33.3 Å². The van der Waals surface area contributed by atoms with Crippen molar-refractivity contribution in [1.29, 1.82) is 0 Å². The van der Waals surface area contributed by atoms with E-state index < -0.39 is 33.4 Å². The molecule has 114 valence electrons. The van der Waals surface area contributed by atoms with Crippen LogP contribution in [0.5, 0.6) is 0 Å². The second-order valence-corrected chi connectivity index (χ2v) is 7.33. The first-order valence-corrected chi connectivity index (χ1v) is 8.24. The molecule has 1 fully saturated rings. The molecule has 1 aromatic rings. The van der Waals surface area contributed by atoms with Gasteiger partial charge in [0.2, 0.25) is 5.91 Å². The van der Waals surface area contributed by atoms with Gasteiger partial charge in [0, 0.05) is 5.02 Å². The smallest absolute Gasteiger partial charge is 0.272 e. The highest BCUT2D eigenvalue weighted by molar-refractivity contribution is 7.91. The van der Waals surface area contributed by atoms with E-state index in [9.17, 15) is 22.4 Å². The Labute approximate surface area is 125 Å². The minimum atomic E-state index is -3.19. The van der Waals surface area contributed by atoms with Gasteiger partial charge in [0.15, 0.2) is 9.84 Å². The highest BCUT2D eigenvalue weighted by Crippen LogP contribution is 2.18. The second-order valence-electron chi connectivity index (χ2n) is 4.67. The van der Waals surface area contributed by atoms with Gasteiger partial charge in [-0.3, -0.25) is 20.4 Å². The Bertz CT molecular complexity index is 692. The highest BCUT2D eigenvalue weighted by atomic mass is 35.5. The zero-order valence-electron chi connectivity index (χ0n) is 10.7. The first-order chi connectivity index (χ1) is 9.78. The van der Waals surface area contributed by atoms with E-state index in [-0.39, 0.29) is 28.5 Å². The molecule has 1 atom stereocenters. The molecule has 9 heteroatoms. The molecule has 1 heterocycles. The van der Waals surface area contributed by atoms with Crippen LogP contribution >= 0.6 is 11.6 Å². The topological polar surface area (TPSA) is 92.3 Å². The van der Waals surface area contributed by atoms with Gasteiger partial charge in [0.05, 0.1) is 23.0 Å². The lowest BCUT2D eigenvalue weighted by Gasteiger charge is -2.11. The van der Waals surface area contributed by atoms with Crippen LogP contribution in [0.1, 0.15) is 16.8 Å². The van der Waals surface area contributed by atoms with Gasteiger partial charge in [0.1, 0.15) is 5.82 Å². The van der Waals surface area contributed by atoms with Crippen molar-refractivity contribution in [2.45, 2.75) is 6.42 Å². The van der Waals surface area contributed by atoms with Crippen LogP contribution in [-0.4, -0.2) is 31.7 Å². The fourth-order valence-electron chi connectivity index (χ4n) is 1.96. The third kappa shape index (κ3) is 3.92. The number of sulfone groups is 1. The Kier molecular flexibility index (Phi) is 4.48. The summed E-state index contributed by atoms with van der Waals surface area (Å²) in [4.78, 5) is 23.4. The Morgan fingerprint density at radius 2 is 2.00 bits per heavy atom. The molecule has 0 spiro atoms. The number of amides is 2. The molecule has 2 rings (SSSR count). The fraction of sp³-hybridized carbons (Fsp3) is 0.333. The molecule has 2 N–H and O–H groups in total. The van der Waals surface area contributed by atoms with Gasteiger partial charge in [-0.15, -0.1) is 0 Å². The van der Waals surface area contributed by atoms with Crippen LogP contribution in [0, 0.1) is 11.7 Å². The lowest BCUT2D eigenvalue weighted by molar-refractivity contribution is -0.125. The lowest BCUT2D eigenvalue weighted by Crippen LogP contribution is -2.45. The fourth-order valence-corrected chi connectivity index (χ4v) is 3.86. The second kappa shape index (κ2) is 5.98. The van der Waals surface area contributed by atoms with Crippen molar-refractivity contribution in [2.24, 2.45) is 5.92 Å². The molecule has 2 amide bonds. The summed E-state index contributed by atoms with van der Waals surface area (Å²) >= 11 is 5.56. The maximum Gasteiger partial charge on any atom is 0.272 e. The molecule has 0 saturated carbocycles. The molecular formula is C12H12ClFN2O4S. The van der Waals surface area contributed by atoms with E-state index in [2.05, 4.69) is 5.43 Å². The summed E-state index contributed by atoms with van der Waals surface area (Å²) in [7, 11) is -3.19. The molecule has 1 aliphatic heterocycles. The van der Waals surface area contributed by atoms with Crippen molar-refractivity contribution in [2.75, 3.05) is 11.5 Å². The van der Waals surface area contributed by atoms with Gasteiger partial charge in [0.25, 0.3) is 5.91 Å². The van der Waals surface area contributed by atoms with E-state index in [4.69, 9.17) is 11.6 Å². The van der Waals surface area contributed by atoms with Crippen molar-refractivity contribution in [3.8, 4) is 0 Å². The van der Waals surface area contributed by atoms with Gasteiger partial charge in [-0.1, -0.05) is 11.6 Å². The van der Waals surface area contributed by atoms with Crippen molar-refractivity contribution < 1.29 is 22.4 Å². The molecule has 0 bridgehead atoms. The predicted octanol–water partition coefficient (Wildman–Crippen LogP) is 0.675. The SMILES string of the molecule is O=C(NNC(=O)[C@H]1CCS(=O)(=O)C1)c1ccc(Cl)cc1F. The number of rotatable bonds is 2. The van der Waals surface area contributed by atoms with Crippen LogP contribution in [0.4, 0.5) is 4.39 Å². The largest absolute Gasteiger partial charge is 0.273 e. The lowest BCUT2D eigenvalue weighted by atomic mass is 10.1. The third-order valence-electron chi connectivity index (χ3n) is 3.08. The van der Waals surface area contributed by atoms with Crippen molar-refractivity contribution in [3.05, 3.63) is 34.6 Å². The van der Waals surface area contributed by atoms with E-state index in [1.54, 1.807) is 0 Å². The van der Waals surface area contributed by atoms with Gasteiger partial charge in [-0.25, -0.2) is 12.8 Å². The summed E-state index contributed by atoms with van der Waals surface area (Å²) in [6.07, 6.45) is 0.208. The van der Waals surface area contributed by atoms with Crippen LogP contribution in [-0.2, 0) is 14.6 Å². The number of hydrazine groups is 1. The normalized spacial score (nSPS) is 20.0. The molecule has 1 aromatic carbocycles. The van der Waals surface area contributed by atoms with Crippen LogP contribution in [0.3, 0.4) is 0 Å². The molecule has 21 heavy (non-hydrogen) atoms. The van der Waals surface area contributed by atoms with Gasteiger partial charge in [-0.05, 0) is 24.6 Å². The Morgan fingerprint density at radius 1 is 1.29 bits per heavy atom. The molecule has 1 aliphatic rings. The molecule has 0 radical (unpaired) electrons. The minimum Gasteiger partial charge on any atom is -0.273 e. The molecule has 6 nitrogen and oxygen atoms in total. The Balaban J connectivity index is 1.94. The number of halogens is 2. The van der Waals surface area contributed by atoms with Crippen molar-refractivity contribution in [3.63, 3.8) is 0 Å². The first kappa shape index (κ1) is 15.7. The standard InChI is InChI=1S/C12H12ClFN2O4S/c13-8-1-2-9(10(14)5-8)12(18)16-15-11(17)7-3-4-21(19,20)6-7/h1-2,5,7H,3-4,6H2,(H,15,17)(H,16,18)/t7-/m0/s1. The summed E-state index contributed by atoms with van der Waals surface area (Å²) in [6, 6.07) is 3.49. The highest BCUT2D eigenvalue weighted by Gasteiger charge is 2.33. The van der Waals surface area contributed by atoms with Crippen LogP contribution < -0.4 is 10.9 Å². The molecule has 0 unspecified atom stereocenters. The number of benzene rings is 1. The number of hydrogen-bond acceptors (Lipinski definition) is 4. The molecule has 0 aromatic heterocycles. The van der Waals surface area contributed by atoms with E-state index in [1.165, 1.54) is 12.1 Å². The Morgan fingerprint density at radius 3 is 2.57 bits per heavy atom.